The molecule has 11 heteroatoms. The van der Waals surface area contributed by atoms with E-state index in [1.165, 1.54) is 0 Å². The van der Waals surface area contributed by atoms with Crippen LogP contribution in [0.4, 0.5) is 5.82 Å². The lowest BCUT2D eigenvalue weighted by Gasteiger charge is -2.16. The lowest BCUT2D eigenvalue weighted by Crippen LogP contribution is -2.34. The van der Waals surface area contributed by atoms with Crippen molar-refractivity contribution in [3.63, 3.8) is 0 Å². The minimum atomic E-state index is -3.52. The first-order valence-corrected chi connectivity index (χ1v) is 12.9. The Bertz CT molecular complexity index is 1410. The smallest absolute Gasteiger partial charge is 0.218 e. The lowest BCUT2D eigenvalue weighted by atomic mass is 10.0. The van der Waals surface area contributed by atoms with Crippen LogP contribution in [-0.4, -0.2) is 49.2 Å². The molecule has 0 spiro atoms. The zero-order valence-corrected chi connectivity index (χ0v) is 20.3. The van der Waals surface area contributed by atoms with Crippen molar-refractivity contribution in [1.29, 1.82) is 5.26 Å². The van der Waals surface area contributed by atoms with Crippen molar-refractivity contribution in [1.82, 2.24) is 19.3 Å². The summed E-state index contributed by atoms with van der Waals surface area (Å²) in [7, 11) is -1.56. The average molecular weight is 495 g/mol. The number of nitriles is 1. The van der Waals surface area contributed by atoms with Gasteiger partial charge in [0.1, 0.15) is 13.7 Å². The van der Waals surface area contributed by atoms with Gasteiger partial charge in [0, 0.05) is 47.9 Å². The predicted octanol–water partition coefficient (Wildman–Crippen LogP) is 2.20. The zero-order valence-electron chi connectivity index (χ0n) is 18.7. The Labute approximate surface area is 204 Å². The number of allylic oxidation sites excluding steroid dienone is 3. The van der Waals surface area contributed by atoms with E-state index in [0.717, 1.165) is 34.6 Å². The highest BCUT2D eigenvalue weighted by molar-refractivity contribution is 7.90. The molecule has 1 aromatic carbocycles. The number of fused-ring (bicyclic) bond motifs is 1. The zero-order chi connectivity index (χ0) is 24.1. The molecular weight excluding hydrogens is 471 g/mol. The normalized spacial score (nSPS) is 15.8. The van der Waals surface area contributed by atoms with E-state index in [-0.39, 0.29) is 6.42 Å². The summed E-state index contributed by atoms with van der Waals surface area (Å²) in [5.41, 5.74) is 3.77. The number of benzene rings is 1. The molecule has 3 aromatic rings. The second kappa shape index (κ2) is 10.4. The van der Waals surface area contributed by atoms with E-state index in [2.05, 4.69) is 15.1 Å². The Balaban J connectivity index is 1.35. The highest BCUT2D eigenvalue weighted by Crippen LogP contribution is 2.28. The minimum absolute atomic E-state index is 0.207. The van der Waals surface area contributed by atoms with Crippen LogP contribution in [0, 0.1) is 11.3 Å². The van der Waals surface area contributed by atoms with Crippen LogP contribution in [0.3, 0.4) is 0 Å². The molecular formula is C23H24BClN6O2S. The number of rotatable bonds is 9. The molecule has 0 radical (unpaired) electrons. The van der Waals surface area contributed by atoms with Crippen LogP contribution in [-0.2, 0) is 10.0 Å². The van der Waals surface area contributed by atoms with Gasteiger partial charge in [-0.1, -0.05) is 42.0 Å². The first kappa shape index (κ1) is 24.0. The highest BCUT2D eigenvalue weighted by Gasteiger charge is 2.25. The second-order valence-electron chi connectivity index (χ2n) is 8.07. The number of anilines is 1. The third-order valence-corrected chi connectivity index (χ3v) is 7.65. The molecule has 0 amide bonds. The lowest BCUT2D eigenvalue weighted by molar-refractivity contribution is 0.569. The van der Waals surface area contributed by atoms with Gasteiger partial charge in [-0.15, -0.1) is 0 Å². The number of sulfonamides is 1. The third kappa shape index (κ3) is 5.33. The summed E-state index contributed by atoms with van der Waals surface area (Å²) in [6.07, 6.45) is 8.27. The van der Waals surface area contributed by atoms with E-state index in [9.17, 15) is 8.42 Å². The van der Waals surface area contributed by atoms with E-state index in [4.69, 9.17) is 21.8 Å². The van der Waals surface area contributed by atoms with Crippen LogP contribution < -0.4 is 15.5 Å². The predicted molar refractivity (Wildman–Crippen MR) is 137 cm³/mol. The van der Waals surface area contributed by atoms with Gasteiger partial charge in [0.15, 0.2) is 5.65 Å². The van der Waals surface area contributed by atoms with Gasteiger partial charge in [0.25, 0.3) is 0 Å². The van der Waals surface area contributed by atoms with Crippen LogP contribution in [0.5, 0.6) is 0 Å². The van der Waals surface area contributed by atoms with E-state index in [1.54, 1.807) is 28.9 Å². The van der Waals surface area contributed by atoms with E-state index < -0.39 is 15.3 Å². The summed E-state index contributed by atoms with van der Waals surface area (Å²) in [5.74, 6) is 0.789. The summed E-state index contributed by atoms with van der Waals surface area (Å²) in [6, 6.07) is 11.5. The number of nitrogens with one attached hydrogen (secondary N) is 2. The van der Waals surface area contributed by atoms with Gasteiger partial charge < -0.3 is 5.32 Å². The number of halogens is 1. The number of aromatic nitrogens is 3. The molecule has 0 fully saturated rings. The van der Waals surface area contributed by atoms with Crippen molar-refractivity contribution in [2.45, 2.75) is 24.5 Å². The van der Waals surface area contributed by atoms with Gasteiger partial charge in [-0.05, 0) is 30.4 Å². The summed E-state index contributed by atoms with van der Waals surface area (Å²) in [6.45, 7) is 0.962. The summed E-state index contributed by atoms with van der Waals surface area (Å²) >= 11 is 6.38. The fourth-order valence-corrected chi connectivity index (χ4v) is 5.31. The van der Waals surface area contributed by atoms with Crippen LogP contribution in [0.1, 0.15) is 19.3 Å². The third-order valence-electron chi connectivity index (χ3n) is 5.60. The second-order valence-corrected chi connectivity index (χ2v) is 10.5. The van der Waals surface area contributed by atoms with E-state index >= 15 is 0 Å². The van der Waals surface area contributed by atoms with Crippen LogP contribution in [0.2, 0.25) is 5.02 Å². The number of nitrogens with zero attached hydrogens (tertiary/aromatic N) is 4. The molecule has 2 heterocycles. The first-order chi connectivity index (χ1) is 16.4. The molecule has 0 aliphatic heterocycles. The van der Waals surface area contributed by atoms with Gasteiger partial charge in [-0.3, -0.25) is 0 Å². The molecule has 1 aliphatic rings. The molecule has 2 aromatic heterocycles. The molecule has 174 valence electrons. The Hall–Kier alpha value is -3.13. The topological polar surface area (TPSA) is 112 Å². The van der Waals surface area contributed by atoms with Gasteiger partial charge in [-0.2, -0.15) is 14.9 Å². The summed E-state index contributed by atoms with van der Waals surface area (Å²) in [5, 5.41) is 16.7. The van der Waals surface area contributed by atoms with Gasteiger partial charge in [0.05, 0.1) is 17.0 Å². The largest absolute Gasteiger partial charge is 0.370 e. The Morgan fingerprint density at radius 1 is 1.26 bits per heavy atom. The van der Waals surface area contributed by atoms with Crippen LogP contribution in [0.15, 0.2) is 60.3 Å². The maximum absolute atomic E-state index is 12.5. The molecule has 1 atom stereocenters. The standard InChI is InChI=1S/C23H24BClN6O2S/c24-19-15-28-31-22(13-21(30-23(19)31)18-8-1-2-9-20(18)25)27-10-3-4-11-29-34(32,33)17-7-5-6-16(12-17)14-26/h1-2,5-9,13,15,17,27,29H,3-4,10-12,24H2. The SMILES string of the molecule is Bc1cnn2c(NCCCCNS(=O)(=O)C3C=CC=C(C#N)C3)cc(-c3ccccc3Cl)nc12. The summed E-state index contributed by atoms with van der Waals surface area (Å²) < 4.78 is 29.4. The highest BCUT2D eigenvalue weighted by atomic mass is 35.5. The van der Waals surface area contributed by atoms with Gasteiger partial charge >= 0.3 is 0 Å². The maximum atomic E-state index is 12.5. The Morgan fingerprint density at radius 3 is 2.85 bits per heavy atom. The van der Waals surface area contributed by atoms with E-state index in [0.29, 0.717) is 30.1 Å². The van der Waals surface area contributed by atoms with Crippen molar-refractivity contribution in [2.24, 2.45) is 0 Å². The van der Waals surface area contributed by atoms with Crippen LogP contribution >= 0.6 is 11.6 Å². The van der Waals surface area contributed by atoms with Gasteiger partial charge in [0.2, 0.25) is 10.0 Å². The Morgan fingerprint density at radius 2 is 2.06 bits per heavy atom. The first-order valence-electron chi connectivity index (χ1n) is 11.0. The average Bonchev–Trinajstić information content (AvgIpc) is 3.22. The molecule has 0 saturated heterocycles. The fraction of sp³-hybridized carbons (Fsp3) is 0.261. The molecule has 34 heavy (non-hydrogen) atoms. The maximum Gasteiger partial charge on any atom is 0.218 e. The minimum Gasteiger partial charge on any atom is -0.370 e. The van der Waals surface area contributed by atoms with Crippen LogP contribution in [0.25, 0.3) is 16.9 Å². The van der Waals surface area contributed by atoms with E-state index in [1.807, 2.05) is 44.2 Å². The molecule has 8 nitrogen and oxygen atoms in total. The summed E-state index contributed by atoms with van der Waals surface area (Å²) in [4.78, 5) is 4.74. The number of unbranched alkanes of at least 4 members (excludes halogenated alkanes) is 1. The number of hydrogen-bond donors (Lipinski definition) is 2. The monoisotopic (exact) mass is 494 g/mol. The molecule has 4 rings (SSSR count). The quantitative estimate of drug-likeness (QED) is 0.348. The Kier molecular flexibility index (Phi) is 7.36. The molecule has 0 saturated carbocycles. The fourth-order valence-electron chi connectivity index (χ4n) is 3.74. The van der Waals surface area contributed by atoms with Crippen molar-refractivity contribution in [3.8, 4) is 17.3 Å². The molecule has 0 bridgehead atoms. The molecule has 1 unspecified atom stereocenters. The van der Waals surface area contributed by atoms with Crippen molar-refractivity contribution in [3.05, 3.63) is 65.4 Å². The molecule has 2 N–H and O–H groups in total. The molecule has 1 aliphatic carbocycles. The van der Waals surface area contributed by atoms with Crippen molar-refractivity contribution in [2.75, 3.05) is 18.4 Å². The number of hydrogen-bond acceptors (Lipinski definition) is 6. The van der Waals surface area contributed by atoms with Gasteiger partial charge in [-0.25, -0.2) is 18.1 Å². The van der Waals surface area contributed by atoms with Crippen molar-refractivity contribution < 1.29 is 8.42 Å². The van der Waals surface area contributed by atoms with Crippen molar-refractivity contribution >= 4 is 46.4 Å².